The Morgan fingerprint density at radius 2 is 1.43 bits per heavy atom. The van der Waals surface area contributed by atoms with Crippen molar-refractivity contribution in [3.8, 4) is 0 Å². The number of carbonyl (C=O) groups is 1. The van der Waals surface area contributed by atoms with Crippen molar-refractivity contribution >= 4 is 29.0 Å². The molecule has 0 atom stereocenters. The van der Waals surface area contributed by atoms with Crippen LogP contribution in [0.5, 0.6) is 0 Å². The molecule has 4 rings (SSSR count). The second-order valence-corrected chi connectivity index (χ2v) is 7.20. The lowest BCUT2D eigenvalue weighted by molar-refractivity contribution is -0.111. The van der Waals surface area contributed by atoms with Crippen molar-refractivity contribution in [3.05, 3.63) is 96.3 Å². The smallest absolute Gasteiger partial charge is 0.248 e. The van der Waals surface area contributed by atoms with Crippen LogP contribution in [0.15, 0.2) is 84.9 Å². The highest BCUT2D eigenvalue weighted by atomic mass is 19.1. The van der Waals surface area contributed by atoms with E-state index in [-0.39, 0.29) is 11.7 Å². The summed E-state index contributed by atoms with van der Waals surface area (Å²) in [7, 11) is 0. The van der Waals surface area contributed by atoms with Gasteiger partial charge in [0.1, 0.15) is 5.82 Å². The Kier molecular flexibility index (Phi) is 6.09. The molecule has 0 unspecified atom stereocenters. The molecule has 3 aromatic carbocycles. The second-order valence-electron chi connectivity index (χ2n) is 7.20. The van der Waals surface area contributed by atoms with Crippen molar-refractivity contribution in [3.63, 3.8) is 0 Å². The van der Waals surface area contributed by atoms with Crippen molar-refractivity contribution in [1.82, 2.24) is 0 Å². The highest BCUT2D eigenvalue weighted by Gasteiger charge is 2.19. The molecule has 1 aliphatic heterocycles. The minimum Gasteiger partial charge on any atom is -0.368 e. The molecule has 0 spiro atoms. The normalized spacial score (nSPS) is 14.2. The number of benzene rings is 3. The lowest BCUT2D eigenvalue weighted by Gasteiger charge is -2.38. The molecule has 1 N–H and O–H groups in total. The van der Waals surface area contributed by atoms with Gasteiger partial charge in [0.05, 0.1) is 11.4 Å². The summed E-state index contributed by atoms with van der Waals surface area (Å²) in [5.41, 5.74) is 3.83. The number of para-hydroxylation sites is 2. The molecule has 152 valence electrons. The van der Waals surface area contributed by atoms with Crippen LogP contribution in [-0.2, 0) is 4.79 Å². The van der Waals surface area contributed by atoms with Crippen molar-refractivity contribution in [2.24, 2.45) is 0 Å². The Hall–Kier alpha value is -3.60. The number of nitrogens with zero attached hydrogens (tertiary/aromatic N) is 2. The molecule has 1 saturated heterocycles. The molecule has 0 radical (unpaired) electrons. The number of hydrogen-bond acceptors (Lipinski definition) is 3. The highest BCUT2D eigenvalue weighted by Crippen LogP contribution is 2.28. The van der Waals surface area contributed by atoms with E-state index in [0.29, 0.717) is 0 Å². The average Bonchev–Trinajstić information content (AvgIpc) is 2.79. The monoisotopic (exact) mass is 401 g/mol. The van der Waals surface area contributed by atoms with E-state index in [2.05, 4.69) is 15.1 Å². The van der Waals surface area contributed by atoms with E-state index in [1.54, 1.807) is 12.2 Å². The largest absolute Gasteiger partial charge is 0.368 e. The van der Waals surface area contributed by atoms with Crippen molar-refractivity contribution in [2.75, 3.05) is 41.3 Å². The van der Waals surface area contributed by atoms with E-state index >= 15 is 0 Å². The zero-order chi connectivity index (χ0) is 20.8. The van der Waals surface area contributed by atoms with Gasteiger partial charge in [-0.25, -0.2) is 4.39 Å². The maximum absolute atomic E-state index is 13.2. The molecule has 5 heteroatoms. The Morgan fingerprint density at radius 3 is 2.17 bits per heavy atom. The number of rotatable bonds is 5. The molecule has 30 heavy (non-hydrogen) atoms. The van der Waals surface area contributed by atoms with Crippen molar-refractivity contribution in [2.45, 2.75) is 0 Å². The summed E-state index contributed by atoms with van der Waals surface area (Å²) in [4.78, 5) is 17.0. The fraction of sp³-hybridized carbons (Fsp3) is 0.160. The van der Waals surface area contributed by atoms with Gasteiger partial charge in [0, 0.05) is 37.9 Å². The summed E-state index contributed by atoms with van der Waals surface area (Å²) in [5.74, 6) is -0.375. The zero-order valence-electron chi connectivity index (χ0n) is 16.7. The lowest BCUT2D eigenvalue weighted by Crippen LogP contribution is -2.46. The van der Waals surface area contributed by atoms with Gasteiger partial charge in [-0.15, -0.1) is 0 Å². The van der Waals surface area contributed by atoms with Gasteiger partial charge in [-0.1, -0.05) is 42.5 Å². The van der Waals surface area contributed by atoms with E-state index in [0.717, 1.165) is 48.8 Å². The number of amides is 1. The summed E-state index contributed by atoms with van der Waals surface area (Å²) in [6.07, 6.45) is 3.36. The van der Waals surface area contributed by atoms with Gasteiger partial charge in [0.2, 0.25) is 5.91 Å². The SMILES string of the molecule is O=C(C=Cc1ccccc1)Nc1ccccc1N1CCN(c2ccc(F)cc2)CC1. The third-order valence-corrected chi connectivity index (χ3v) is 5.20. The first-order valence-electron chi connectivity index (χ1n) is 10.1. The fourth-order valence-electron chi connectivity index (χ4n) is 3.62. The molecule has 1 heterocycles. The Balaban J connectivity index is 1.40. The second kappa shape index (κ2) is 9.27. The average molecular weight is 401 g/mol. The minimum atomic E-state index is -0.219. The summed E-state index contributed by atoms with van der Waals surface area (Å²) < 4.78 is 13.2. The maximum atomic E-state index is 13.2. The van der Waals surface area contributed by atoms with Crippen LogP contribution in [0.4, 0.5) is 21.5 Å². The predicted molar refractivity (Wildman–Crippen MR) is 121 cm³/mol. The standard InChI is InChI=1S/C25H24FN3O/c26-21-11-13-22(14-12-21)28-16-18-29(19-17-28)24-9-5-4-8-23(24)27-25(30)15-10-20-6-2-1-3-7-20/h1-15H,16-19H2,(H,27,30). The summed E-state index contributed by atoms with van der Waals surface area (Å²) in [6, 6.07) is 24.2. The molecular weight excluding hydrogens is 377 g/mol. The van der Waals surface area contributed by atoms with E-state index in [1.165, 1.54) is 12.1 Å². The summed E-state index contributed by atoms with van der Waals surface area (Å²) in [5, 5.41) is 3.00. The molecule has 1 amide bonds. The van der Waals surface area contributed by atoms with E-state index in [4.69, 9.17) is 0 Å². The number of carbonyl (C=O) groups excluding carboxylic acids is 1. The van der Waals surface area contributed by atoms with E-state index < -0.39 is 0 Å². The van der Waals surface area contributed by atoms with Crippen LogP contribution in [-0.4, -0.2) is 32.1 Å². The predicted octanol–water partition coefficient (Wildman–Crippen LogP) is 4.80. The van der Waals surface area contributed by atoms with Gasteiger partial charge in [-0.3, -0.25) is 4.79 Å². The molecule has 0 aliphatic carbocycles. The molecule has 0 saturated carbocycles. The number of anilines is 3. The molecule has 1 fully saturated rings. The van der Waals surface area contributed by atoms with Crippen LogP contribution >= 0.6 is 0 Å². The van der Waals surface area contributed by atoms with Gasteiger partial charge >= 0.3 is 0 Å². The highest BCUT2D eigenvalue weighted by molar-refractivity contribution is 6.03. The molecule has 0 bridgehead atoms. The van der Waals surface area contributed by atoms with Gasteiger partial charge in [-0.05, 0) is 48.0 Å². The number of halogens is 1. The first-order valence-corrected chi connectivity index (χ1v) is 10.1. The Morgan fingerprint density at radius 1 is 0.800 bits per heavy atom. The molecule has 0 aromatic heterocycles. The summed E-state index contributed by atoms with van der Waals surface area (Å²) >= 11 is 0. The van der Waals surface area contributed by atoms with Gasteiger partial charge in [0.25, 0.3) is 0 Å². The van der Waals surface area contributed by atoms with Crippen LogP contribution in [0, 0.1) is 5.82 Å². The third kappa shape index (κ3) is 4.87. The third-order valence-electron chi connectivity index (χ3n) is 5.20. The van der Waals surface area contributed by atoms with Crippen LogP contribution < -0.4 is 15.1 Å². The van der Waals surface area contributed by atoms with Crippen molar-refractivity contribution in [1.29, 1.82) is 0 Å². The number of piperazine rings is 1. The van der Waals surface area contributed by atoms with Crippen LogP contribution in [0.3, 0.4) is 0 Å². The lowest BCUT2D eigenvalue weighted by atomic mass is 10.2. The van der Waals surface area contributed by atoms with Gasteiger partial charge in [0.15, 0.2) is 0 Å². The first-order chi connectivity index (χ1) is 14.7. The molecular formula is C25H24FN3O. The minimum absolute atomic E-state index is 0.156. The molecule has 3 aromatic rings. The maximum Gasteiger partial charge on any atom is 0.248 e. The van der Waals surface area contributed by atoms with E-state index in [9.17, 15) is 9.18 Å². The van der Waals surface area contributed by atoms with Gasteiger partial charge < -0.3 is 15.1 Å². The molecule has 4 nitrogen and oxygen atoms in total. The van der Waals surface area contributed by atoms with E-state index in [1.807, 2.05) is 66.7 Å². The van der Waals surface area contributed by atoms with Crippen LogP contribution in [0.2, 0.25) is 0 Å². The van der Waals surface area contributed by atoms with Crippen LogP contribution in [0.25, 0.3) is 6.08 Å². The first kappa shape index (κ1) is 19.7. The zero-order valence-corrected chi connectivity index (χ0v) is 16.7. The Labute approximate surface area is 176 Å². The number of hydrogen-bond donors (Lipinski definition) is 1. The van der Waals surface area contributed by atoms with Crippen molar-refractivity contribution < 1.29 is 9.18 Å². The number of nitrogens with one attached hydrogen (secondary N) is 1. The topological polar surface area (TPSA) is 35.6 Å². The fourth-order valence-corrected chi connectivity index (χ4v) is 3.62. The molecule has 1 aliphatic rings. The van der Waals surface area contributed by atoms with Crippen LogP contribution in [0.1, 0.15) is 5.56 Å². The summed E-state index contributed by atoms with van der Waals surface area (Å²) in [6.45, 7) is 3.32. The van der Waals surface area contributed by atoms with Gasteiger partial charge in [-0.2, -0.15) is 0 Å². The quantitative estimate of drug-likeness (QED) is 0.624. The Bertz CT molecular complexity index is 1010.